The van der Waals surface area contributed by atoms with Crippen LogP contribution in [0, 0.1) is 12.7 Å². The lowest BCUT2D eigenvalue weighted by atomic mass is 10.1. The van der Waals surface area contributed by atoms with Gasteiger partial charge in [-0.1, -0.05) is 24.3 Å². The van der Waals surface area contributed by atoms with Crippen LogP contribution in [0.2, 0.25) is 0 Å². The van der Waals surface area contributed by atoms with E-state index in [4.69, 9.17) is 0 Å². The molecule has 0 aliphatic rings. The fourth-order valence-corrected chi connectivity index (χ4v) is 2.48. The van der Waals surface area contributed by atoms with Crippen LogP contribution in [0.3, 0.4) is 0 Å². The Morgan fingerprint density at radius 1 is 1.20 bits per heavy atom. The highest BCUT2D eigenvalue weighted by Crippen LogP contribution is 2.16. The van der Waals surface area contributed by atoms with Gasteiger partial charge in [0.25, 0.3) is 5.91 Å². The highest BCUT2D eigenvalue weighted by molar-refractivity contribution is 7.99. The Hall–Kier alpha value is -1.81. The van der Waals surface area contributed by atoms with Crippen molar-refractivity contribution in [3.63, 3.8) is 0 Å². The van der Waals surface area contributed by atoms with Crippen molar-refractivity contribution in [1.29, 1.82) is 0 Å². The fourth-order valence-electron chi connectivity index (χ4n) is 1.69. The van der Waals surface area contributed by atoms with E-state index in [0.29, 0.717) is 17.7 Å². The van der Waals surface area contributed by atoms with Gasteiger partial charge in [0.2, 0.25) is 0 Å². The van der Waals surface area contributed by atoms with Crippen molar-refractivity contribution in [2.24, 2.45) is 0 Å². The molecule has 1 N–H and O–H groups in total. The topological polar surface area (TPSA) is 29.1 Å². The number of hydrogen-bond acceptors (Lipinski definition) is 2. The average Bonchev–Trinajstić information content (AvgIpc) is 2.47. The SMILES string of the molecule is Cc1ccc(C(=O)NCCSc2ccccc2)cc1F. The van der Waals surface area contributed by atoms with Crippen molar-refractivity contribution in [3.8, 4) is 0 Å². The minimum Gasteiger partial charge on any atom is -0.351 e. The van der Waals surface area contributed by atoms with E-state index in [0.717, 1.165) is 5.75 Å². The van der Waals surface area contributed by atoms with Crippen LogP contribution in [0.5, 0.6) is 0 Å². The Kier molecular flexibility index (Phi) is 5.18. The number of rotatable bonds is 5. The van der Waals surface area contributed by atoms with Gasteiger partial charge in [0, 0.05) is 22.8 Å². The normalized spacial score (nSPS) is 10.3. The lowest BCUT2D eigenvalue weighted by molar-refractivity contribution is 0.0955. The molecule has 0 aromatic heterocycles. The van der Waals surface area contributed by atoms with Gasteiger partial charge in [-0.3, -0.25) is 4.79 Å². The molecule has 0 heterocycles. The number of hydrogen-bond donors (Lipinski definition) is 1. The first-order valence-electron chi connectivity index (χ1n) is 6.39. The molecule has 1 amide bonds. The van der Waals surface area contributed by atoms with Crippen molar-refractivity contribution >= 4 is 17.7 Å². The Labute approximate surface area is 122 Å². The second-order valence-corrected chi connectivity index (χ2v) is 5.55. The second-order valence-electron chi connectivity index (χ2n) is 4.38. The molecule has 0 aliphatic heterocycles. The summed E-state index contributed by atoms with van der Waals surface area (Å²) in [6.07, 6.45) is 0. The minimum atomic E-state index is -0.351. The number of nitrogens with one attached hydrogen (secondary N) is 1. The summed E-state index contributed by atoms with van der Waals surface area (Å²) in [6, 6.07) is 14.5. The lowest BCUT2D eigenvalue weighted by Gasteiger charge is -2.06. The van der Waals surface area contributed by atoms with Crippen LogP contribution in [0.15, 0.2) is 53.4 Å². The molecule has 0 saturated heterocycles. The van der Waals surface area contributed by atoms with Crippen LogP contribution in [0.4, 0.5) is 4.39 Å². The molecular formula is C16H16FNOS. The fraction of sp³-hybridized carbons (Fsp3) is 0.188. The van der Waals surface area contributed by atoms with Gasteiger partial charge in [-0.25, -0.2) is 4.39 Å². The molecule has 0 radical (unpaired) electrons. The molecule has 2 aromatic rings. The zero-order valence-corrected chi connectivity index (χ0v) is 12.0. The van der Waals surface area contributed by atoms with Gasteiger partial charge in [0.1, 0.15) is 5.82 Å². The molecule has 20 heavy (non-hydrogen) atoms. The molecule has 0 spiro atoms. The largest absolute Gasteiger partial charge is 0.351 e. The first-order chi connectivity index (χ1) is 9.66. The summed E-state index contributed by atoms with van der Waals surface area (Å²) in [5.41, 5.74) is 0.902. The van der Waals surface area contributed by atoms with Crippen LogP contribution < -0.4 is 5.32 Å². The Balaban J connectivity index is 1.79. The second kappa shape index (κ2) is 7.10. The van der Waals surface area contributed by atoms with Crippen LogP contribution >= 0.6 is 11.8 Å². The minimum absolute atomic E-state index is 0.238. The number of halogens is 1. The maximum absolute atomic E-state index is 13.4. The average molecular weight is 289 g/mol. The molecule has 2 rings (SSSR count). The van der Waals surface area contributed by atoms with Gasteiger partial charge in [0.05, 0.1) is 0 Å². The van der Waals surface area contributed by atoms with E-state index in [-0.39, 0.29) is 11.7 Å². The van der Waals surface area contributed by atoms with Gasteiger partial charge in [-0.2, -0.15) is 0 Å². The highest BCUT2D eigenvalue weighted by atomic mass is 32.2. The third kappa shape index (κ3) is 4.10. The van der Waals surface area contributed by atoms with Gasteiger partial charge in [-0.05, 0) is 36.8 Å². The predicted octanol–water partition coefficient (Wildman–Crippen LogP) is 3.66. The maximum Gasteiger partial charge on any atom is 0.251 e. The Bertz CT molecular complexity index is 586. The van der Waals surface area contributed by atoms with E-state index in [1.807, 2.05) is 30.3 Å². The van der Waals surface area contributed by atoms with Gasteiger partial charge in [-0.15, -0.1) is 11.8 Å². The van der Waals surface area contributed by atoms with Crippen LogP contribution in [-0.2, 0) is 0 Å². The number of carbonyl (C=O) groups is 1. The molecule has 0 unspecified atom stereocenters. The molecule has 0 fully saturated rings. The quantitative estimate of drug-likeness (QED) is 0.672. The molecule has 0 bridgehead atoms. The monoisotopic (exact) mass is 289 g/mol. The Morgan fingerprint density at radius 2 is 1.95 bits per heavy atom. The van der Waals surface area contributed by atoms with Crippen molar-refractivity contribution in [3.05, 3.63) is 65.5 Å². The number of benzene rings is 2. The van der Waals surface area contributed by atoms with Crippen LogP contribution in [-0.4, -0.2) is 18.2 Å². The summed E-state index contributed by atoms with van der Waals surface area (Å²) >= 11 is 1.67. The van der Waals surface area contributed by atoms with Gasteiger partial charge < -0.3 is 5.32 Å². The van der Waals surface area contributed by atoms with Crippen LogP contribution in [0.1, 0.15) is 15.9 Å². The number of aryl methyl sites for hydroxylation is 1. The molecule has 0 saturated carbocycles. The van der Waals surface area contributed by atoms with E-state index in [9.17, 15) is 9.18 Å². The molecule has 0 atom stereocenters. The first kappa shape index (κ1) is 14.6. The maximum atomic E-state index is 13.4. The van der Waals surface area contributed by atoms with Crippen molar-refractivity contribution in [2.75, 3.05) is 12.3 Å². The first-order valence-corrected chi connectivity index (χ1v) is 7.37. The van der Waals surface area contributed by atoms with Crippen LogP contribution in [0.25, 0.3) is 0 Å². The zero-order chi connectivity index (χ0) is 14.4. The van der Waals surface area contributed by atoms with Gasteiger partial charge >= 0.3 is 0 Å². The summed E-state index contributed by atoms with van der Waals surface area (Å²) in [5.74, 6) is 0.193. The summed E-state index contributed by atoms with van der Waals surface area (Å²) in [5, 5.41) is 2.79. The number of carbonyl (C=O) groups excluding carboxylic acids is 1. The lowest BCUT2D eigenvalue weighted by Crippen LogP contribution is -2.25. The van der Waals surface area contributed by atoms with Crippen molar-refractivity contribution in [2.45, 2.75) is 11.8 Å². The predicted molar refractivity (Wildman–Crippen MR) is 80.6 cm³/mol. The van der Waals surface area contributed by atoms with E-state index in [1.54, 1.807) is 30.8 Å². The number of thioether (sulfide) groups is 1. The van der Waals surface area contributed by atoms with Crippen molar-refractivity contribution < 1.29 is 9.18 Å². The zero-order valence-electron chi connectivity index (χ0n) is 11.2. The molecule has 104 valence electrons. The molecule has 4 heteroatoms. The van der Waals surface area contributed by atoms with E-state index in [1.165, 1.54) is 11.0 Å². The molecular weight excluding hydrogens is 273 g/mol. The molecule has 2 nitrogen and oxygen atoms in total. The summed E-state index contributed by atoms with van der Waals surface area (Å²) in [7, 11) is 0. The standard InChI is InChI=1S/C16H16FNOS/c1-12-7-8-13(11-15(12)17)16(19)18-9-10-20-14-5-3-2-4-6-14/h2-8,11H,9-10H2,1H3,(H,18,19). The smallest absolute Gasteiger partial charge is 0.251 e. The summed E-state index contributed by atoms with van der Waals surface area (Å²) in [4.78, 5) is 13.0. The third-order valence-corrected chi connectivity index (χ3v) is 3.85. The number of amides is 1. The summed E-state index contributed by atoms with van der Waals surface area (Å²) in [6.45, 7) is 2.22. The highest BCUT2D eigenvalue weighted by Gasteiger charge is 2.07. The Morgan fingerprint density at radius 3 is 2.65 bits per heavy atom. The van der Waals surface area contributed by atoms with E-state index in [2.05, 4.69) is 5.32 Å². The third-order valence-electron chi connectivity index (χ3n) is 2.83. The van der Waals surface area contributed by atoms with Gasteiger partial charge in [0.15, 0.2) is 0 Å². The van der Waals surface area contributed by atoms with E-state index < -0.39 is 0 Å². The van der Waals surface area contributed by atoms with Crippen molar-refractivity contribution in [1.82, 2.24) is 5.32 Å². The molecule has 2 aromatic carbocycles. The summed E-state index contributed by atoms with van der Waals surface area (Å²) < 4.78 is 13.4. The molecule has 0 aliphatic carbocycles. The van der Waals surface area contributed by atoms with E-state index >= 15 is 0 Å².